The Morgan fingerprint density at radius 1 is 1.14 bits per heavy atom. The van der Waals surface area contributed by atoms with E-state index < -0.39 is 0 Å². The first kappa shape index (κ1) is 15.4. The van der Waals surface area contributed by atoms with Crippen LogP contribution in [0.2, 0.25) is 0 Å². The average Bonchev–Trinajstić information content (AvgIpc) is 2.54. The highest BCUT2D eigenvalue weighted by Gasteiger charge is 2.17. The van der Waals surface area contributed by atoms with Gasteiger partial charge in [-0.05, 0) is 18.4 Å². The van der Waals surface area contributed by atoms with E-state index in [0.717, 1.165) is 36.5 Å². The SMILES string of the molecule is CCCNc1cc(CC)nc(C(OC)c2ccccc2)n1. The van der Waals surface area contributed by atoms with Crippen LogP contribution in [0.1, 0.15) is 43.5 Å². The van der Waals surface area contributed by atoms with Crippen molar-refractivity contribution < 1.29 is 4.74 Å². The molecule has 21 heavy (non-hydrogen) atoms. The van der Waals surface area contributed by atoms with Crippen molar-refractivity contribution in [3.8, 4) is 0 Å². The number of hydrogen-bond acceptors (Lipinski definition) is 4. The lowest BCUT2D eigenvalue weighted by atomic mass is 10.1. The third-order valence-corrected chi connectivity index (χ3v) is 3.29. The van der Waals surface area contributed by atoms with Crippen LogP contribution in [0.4, 0.5) is 5.82 Å². The van der Waals surface area contributed by atoms with Crippen molar-refractivity contribution in [2.24, 2.45) is 0 Å². The van der Waals surface area contributed by atoms with E-state index in [1.165, 1.54) is 0 Å². The van der Waals surface area contributed by atoms with Crippen LogP contribution < -0.4 is 5.32 Å². The number of hydrogen-bond donors (Lipinski definition) is 1. The maximum Gasteiger partial charge on any atom is 0.164 e. The Kier molecular flexibility index (Phi) is 5.69. The normalized spacial score (nSPS) is 12.1. The predicted octanol–water partition coefficient (Wildman–Crippen LogP) is 3.60. The highest BCUT2D eigenvalue weighted by atomic mass is 16.5. The van der Waals surface area contributed by atoms with Crippen molar-refractivity contribution in [3.05, 3.63) is 53.5 Å². The van der Waals surface area contributed by atoms with Gasteiger partial charge in [0.05, 0.1) is 0 Å². The summed E-state index contributed by atoms with van der Waals surface area (Å²) in [6.45, 7) is 5.14. The number of aromatic nitrogens is 2. The van der Waals surface area contributed by atoms with E-state index in [0.29, 0.717) is 5.82 Å². The zero-order chi connectivity index (χ0) is 15.1. The fourth-order valence-corrected chi connectivity index (χ4v) is 2.18. The number of rotatable bonds is 7. The van der Waals surface area contributed by atoms with E-state index in [1.54, 1.807) is 7.11 Å². The molecule has 1 aromatic heterocycles. The average molecular weight is 285 g/mol. The van der Waals surface area contributed by atoms with Gasteiger partial charge in [-0.15, -0.1) is 0 Å². The van der Waals surface area contributed by atoms with Crippen molar-refractivity contribution in [2.45, 2.75) is 32.8 Å². The smallest absolute Gasteiger partial charge is 0.164 e. The Morgan fingerprint density at radius 3 is 2.52 bits per heavy atom. The lowest BCUT2D eigenvalue weighted by molar-refractivity contribution is 0.129. The molecule has 0 aliphatic heterocycles. The molecule has 0 spiro atoms. The van der Waals surface area contributed by atoms with E-state index in [4.69, 9.17) is 4.74 Å². The third kappa shape index (κ3) is 4.02. The van der Waals surface area contributed by atoms with Gasteiger partial charge in [0, 0.05) is 25.4 Å². The summed E-state index contributed by atoms with van der Waals surface area (Å²) in [7, 11) is 1.69. The first-order valence-electron chi connectivity index (χ1n) is 7.48. The van der Waals surface area contributed by atoms with Crippen LogP contribution in [0.3, 0.4) is 0 Å². The van der Waals surface area contributed by atoms with Crippen LogP contribution in [0.25, 0.3) is 0 Å². The van der Waals surface area contributed by atoms with E-state index in [2.05, 4.69) is 29.1 Å². The standard InChI is InChI=1S/C17H23N3O/c1-4-11-18-15-12-14(5-2)19-17(20-15)16(21-3)13-9-7-6-8-10-13/h6-10,12,16H,4-5,11H2,1-3H3,(H,18,19,20). The van der Waals surface area contributed by atoms with Gasteiger partial charge in [0.25, 0.3) is 0 Å². The zero-order valence-corrected chi connectivity index (χ0v) is 13.0. The van der Waals surface area contributed by atoms with Gasteiger partial charge in [0.15, 0.2) is 5.82 Å². The summed E-state index contributed by atoms with van der Waals surface area (Å²) in [4.78, 5) is 9.25. The van der Waals surface area contributed by atoms with Crippen LogP contribution in [0, 0.1) is 0 Å². The number of anilines is 1. The van der Waals surface area contributed by atoms with Crippen LogP contribution in [-0.4, -0.2) is 23.6 Å². The van der Waals surface area contributed by atoms with E-state index in [9.17, 15) is 0 Å². The van der Waals surface area contributed by atoms with E-state index in [-0.39, 0.29) is 6.10 Å². The molecule has 2 aromatic rings. The molecule has 112 valence electrons. The number of ether oxygens (including phenoxy) is 1. The monoisotopic (exact) mass is 285 g/mol. The highest BCUT2D eigenvalue weighted by Crippen LogP contribution is 2.23. The van der Waals surface area contributed by atoms with Gasteiger partial charge in [0.1, 0.15) is 11.9 Å². The molecule has 0 aliphatic carbocycles. The molecule has 0 amide bonds. The quantitative estimate of drug-likeness (QED) is 0.844. The molecule has 1 N–H and O–H groups in total. The second-order valence-electron chi connectivity index (χ2n) is 4.91. The fourth-order valence-electron chi connectivity index (χ4n) is 2.18. The topological polar surface area (TPSA) is 47.0 Å². The number of benzene rings is 1. The Balaban J connectivity index is 2.35. The summed E-state index contributed by atoms with van der Waals surface area (Å²) >= 11 is 0. The molecule has 1 unspecified atom stereocenters. The third-order valence-electron chi connectivity index (χ3n) is 3.29. The summed E-state index contributed by atoms with van der Waals surface area (Å²) in [6, 6.07) is 12.1. The molecule has 4 nitrogen and oxygen atoms in total. The van der Waals surface area contributed by atoms with Crippen molar-refractivity contribution in [1.82, 2.24) is 9.97 Å². The molecule has 2 rings (SSSR count). The van der Waals surface area contributed by atoms with Crippen molar-refractivity contribution in [2.75, 3.05) is 19.0 Å². The van der Waals surface area contributed by atoms with Crippen LogP contribution in [0.15, 0.2) is 36.4 Å². The lowest BCUT2D eigenvalue weighted by Gasteiger charge is -2.16. The molecule has 0 saturated heterocycles. The summed E-state index contributed by atoms with van der Waals surface area (Å²) in [6.07, 6.45) is 1.70. The number of aryl methyl sites for hydroxylation is 1. The maximum absolute atomic E-state index is 5.63. The molecule has 0 saturated carbocycles. The van der Waals surface area contributed by atoms with Crippen molar-refractivity contribution in [3.63, 3.8) is 0 Å². The number of methoxy groups -OCH3 is 1. The molecule has 0 radical (unpaired) electrons. The van der Waals surface area contributed by atoms with Crippen LogP contribution in [0.5, 0.6) is 0 Å². The Bertz CT molecular complexity index is 557. The van der Waals surface area contributed by atoms with Crippen LogP contribution in [-0.2, 0) is 11.2 Å². The molecular weight excluding hydrogens is 262 g/mol. The van der Waals surface area contributed by atoms with Crippen LogP contribution >= 0.6 is 0 Å². The zero-order valence-electron chi connectivity index (χ0n) is 13.0. The van der Waals surface area contributed by atoms with Gasteiger partial charge in [-0.2, -0.15) is 0 Å². The molecule has 0 fully saturated rings. The number of nitrogens with zero attached hydrogens (tertiary/aromatic N) is 2. The van der Waals surface area contributed by atoms with E-state index in [1.807, 2.05) is 36.4 Å². The molecule has 1 aromatic carbocycles. The number of nitrogens with one attached hydrogen (secondary N) is 1. The minimum absolute atomic E-state index is 0.236. The molecular formula is C17H23N3O. The predicted molar refractivity (Wildman–Crippen MR) is 85.5 cm³/mol. The maximum atomic E-state index is 5.63. The van der Waals surface area contributed by atoms with Gasteiger partial charge in [0.2, 0.25) is 0 Å². The van der Waals surface area contributed by atoms with Gasteiger partial charge in [-0.25, -0.2) is 9.97 Å². The Labute approximate surface area is 126 Å². The highest BCUT2D eigenvalue weighted by molar-refractivity contribution is 5.37. The molecule has 1 heterocycles. The Hall–Kier alpha value is -1.94. The molecule has 0 bridgehead atoms. The van der Waals surface area contributed by atoms with Gasteiger partial charge in [-0.1, -0.05) is 44.2 Å². The first-order valence-corrected chi connectivity index (χ1v) is 7.48. The fraction of sp³-hybridized carbons (Fsp3) is 0.412. The second kappa shape index (κ2) is 7.74. The molecule has 0 aliphatic rings. The minimum Gasteiger partial charge on any atom is -0.370 e. The van der Waals surface area contributed by atoms with Gasteiger partial charge in [-0.3, -0.25) is 0 Å². The van der Waals surface area contributed by atoms with Crippen molar-refractivity contribution >= 4 is 5.82 Å². The summed E-state index contributed by atoms with van der Waals surface area (Å²) in [5.74, 6) is 1.58. The lowest BCUT2D eigenvalue weighted by Crippen LogP contribution is -2.12. The van der Waals surface area contributed by atoms with Gasteiger partial charge < -0.3 is 10.1 Å². The first-order chi connectivity index (χ1) is 10.3. The second-order valence-corrected chi connectivity index (χ2v) is 4.91. The molecule has 4 heteroatoms. The Morgan fingerprint density at radius 2 is 1.90 bits per heavy atom. The van der Waals surface area contributed by atoms with Crippen molar-refractivity contribution in [1.29, 1.82) is 0 Å². The van der Waals surface area contributed by atoms with E-state index >= 15 is 0 Å². The summed E-state index contributed by atoms with van der Waals surface area (Å²) in [5, 5.41) is 3.33. The largest absolute Gasteiger partial charge is 0.370 e. The summed E-state index contributed by atoms with van der Waals surface area (Å²) in [5.41, 5.74) is 2.09. The summed E-state index contributed by atoms with van der Waals surface area (Å²) < 4.78 is 5.63. The molecule has 1 atom stereocenters. The van der Waals surface area contributed by atoms with Gasteiger partial charge >= 0.3 is 0 Å². The minimum atomic E-state index is -0.236.